The summed E-state index contributed by atoms with van der Waals surface area (Å²) >= 11 is 0. The fraction of sp³-hybridized carbons (Fsp3) is 0.933. The van der Waals surface area contributed by atoms with Crippen molar-refractivity contribution in [2.75, 3.05) is 32.6 Å². The zero-order chi connectivity index (χ0) is 15.1. The van der Waals surface area contributed by atoms with Crippen LogP contribution < -0.4 is 10.6 Å². The average Bonchev–Trinajstić information content (AvgIpc) is 3.04. The zero-order valence-electron chi connectivity index (χ0n) is 13.7. The maximum atomic E-state index is 12.0. The second kappa shape index (κ2) is 10.8. The maximum absolute atomic E-state index is 12.0. The van der Waals surface area contributed by atoms with Crippen LogP contribution in [0.1, 0.15) is 39.0 Å². The van der Waals surface area contributed by atoms with Crippen molar-refractivity contribution >= 4 is 40.7 Å². The minimum absolute atomic E-state index is 0. The molecule has 1 aliphatic heterocycles. The van der Waals surface area contributed by atoms with E-state index in [4.69, 9.17) is 4.74 Å². The van der Waals surface area contributed by atoms with Gasteiger partial charge in [0.1, 0.15) is 0 Å². The van der Waals surface area contributed by atoms with Gasteiger partial charge < -0.3 is 15.4 Å². The molecule has 0 aromatic heterocycles. The van der Waals surface area contributed by atoms with E-state index in [0.717, 1.165) is 63.6 Å². The van der Waals surface area contributed by atoms with E-state index in [-0.39, 0.29) is 24.0 Å². The van der Waals surface area contributed by atoms with Crippen LogP contribution in [0.25, 0.3) is 0 Å². The Bertz CT molecular complexity index is 376. The Hall–Kier alpha value is 0.110. The lowest BCUT2D eigenvalue weighted by Gasteiger charge is -2.30. The van der Waals surface area contributed by atoms with Crippen LogP contribution in [0.4, 0.5) is 0 Å². The third-order valence-corrected chi connectivity index (χ3v) is 6.17. The van der Waals surface area contributed by atoms with E-state index in [2.05, 4.69) is 15.6 Å². The molecular formula is C15H30IN3O2S. The molecule has 0 aromatic carbocycles. The zero-order valence-corrected chi connectivity index (χ0v) is 16.8. The molecule has 2 rings (SSSR count). The number of nitrogens with zero attached hydrogens (tertiary/aromatic N) is 1. The highest BCUT2D eigenvalue weighted by molar-refractivity contribution is 14.0. The van der Waals surface area contributed by atoms with E-state index in [9.17, 15) is 4.21 Å². The second-order valence-corrected chi connectivity index (χ2v) is 7.99. The lowest BCUT2D eigenvalue weighted by molar-refractivity contribution is 0.186. The van der Waals surface area contributed by atoms with E-state index in [1.54, 1.807) is 0 Å². The number of halogens is 1. The Labute approximate surface area is 153 Å². The first kappa shape index (κ1) is 20.2. The summed E-state index contributed by atoms with van der Waals surface area (Å²) in [5, 5.41) is 7.25. The van der Waals surface area contributed by atoms with Crippen LogP contribution >= 0.6 is 24.0 Å². The summed E-state index contributed by atoms with van der Waals surface area (Å²) in [5.41, 5.74) is 0. The lowest BCUT2D eigenvalue weighted by atomic mass is 9.95. The fourth-order valence-corrected chi connectivity index (χ4v) is 4.47. The standard InChI is InChI=1S/C15H29N3O2S.HI/c1-3-21(19)14-6-4-5-13(9-14)18-15(16-2)17-10-12-7-8-20-11-12;/h12-14H,3-11H2,1-2H3,(H2,16,17,18);1H. The minimum atomic E-state index is -0.673. The van der Waals surface area contributed by atoms with Gasteiger partial charge in [0.25, 0.3) is 0 Å². The molecule has 0 amide bonds. The molecule has 7 heteroatoms. The van der Waals surface area contributed by atoms with Gasteiger partial charge in [-0.1, -0.05) is 13.3 Å². The largest absolute Gasteiger partial charge is 0.381 e. The Balaban J connectivity index is 0.00000242. The van der Waals surface area contributed by atoms with Gasteiger partial charge in [0, 0.05) is 54.0 Å². The number of aliphatic imine (C=N–C) groups is 1. The molecule has 1 saturated carbocycles. The van der Waals surface area contributed by atoms with Gasteiger partial charge >= 0.3 is 0 Å². The van der Waals surface area contributed by atoms with Gasteiger partial charge in [-0.25, -0.2) is 0 Å². The smallest absolute Gasteiger partial charge is 0.191 e. The van der Waals surface area contributed by atoms with Gasteiger partial charge in [-0.05, 0) is 25.7 Å². The van der Waals surface area contributed by atoms with Gasteiger partial charge in [0.15, 0.2) is 5.96 Å². The fourth-order valence-electron chi connectivity index (χ4n) is 3.12. The van der Waals surface area contributed by atoms with Crippen molar-refractivity contribution in [2.24, 2.45) is 10.9 Å². The highest BCUT2D eigenvalue weighted by Crippen LogP contribution is 2.23. The molecule has 1 heterocycles. The van der Waals surface area contributed by atoms with Crippen molar-refractivity contribution in [2.45, 2.75) is 50.3 Å². The number of nitrogens with one attached hydrogen (secondary N) is 2. The van der Waals surface area contributed by atoms with Crippen LogP contribution in [0, 0.1) is 5.92 Å². The van der Waals surface area contributed by atoms with E-state index in [1.165, 1.54) is 0 Å². The molecule has 0 bridgehead atoms. The molecule has 0 radical (unpaired) electrons. The molecule has 5 nitrogen and oxygen atoms in total. The van der Waals surface area contributed by atoms with E-state index in [0.29, 0.717) is 17.2 Å². The highest BCUT2D eigenvalue weighted by atomic mass is 127. The van der Waals surface area contributed by atoms with E-state index in [1.807, 2.05) is 14.0 Å². The van der Waals surface area contributed by atoms with E-state index < -0.39 is 10.8 Å². The molecule has 0 aromatic rings. The minimum Gasteiger partial charge on any atom is -0.381 e. The molecule has 130 valence electrons. The first-order valence-corrected chi connectivity index (χ1v) is 9.53. The summed E-state index contributed by atoms with van der Waals surface area (Å²) in [5.74, 6) is 2.23. The number of rotatable bonds is 5. The monoisotopic (exact) mass is 443 g/mol. The molecule has 22 heavy (non-hydrogen) atoms. The molecule has 1 aliphatic carbocycles. The molecular weight excluding hydrogens is 413 g/mol. The number of ether oxygens (including phenoxy) is 1. The Kier molecular flexibility index (Phi) is 9.90. The van der Waals surface area contributed by atoms with Crippen LogP contribution in [0.5, 0.6) is 0 Å². The molecule has 2 aliphatic rings. The van der Waals surface area contributed by atoms with Crippen molar-refractivity contribution < 1.29 is 8.95 Å². The Morgan fingerprint density at radius 2 is 2.18 bits per heavy atom. The average molecular weight is 443 g/mol. The number of hydrogen-bond acceptors (Lipinski definition) is 3. The molecule has 4 unspecified atom stereocenters. The first-order chi connectivity index (χ1) is 10.2. The predicted octanol–water partition coefficient (Wildman–Crippen LogP) is 1.89. The second-order valence-electron chi connectivity index (χ2n) is 5.98. The highest BCUT2D eigenvalue weighted by Gasteiger charge is 2.26. The van der Waals surface area contributed by atoms with Crippen LogP contribution in [0.2, 0.25) is 0 Å². The van der Waals surface area contributed by atoms with Gasteiger partial charge in [-0.2, -0.15) is 0 Å². The van der Waals surface area contributed by atoms with Crippen LogP contribution in [0.15, 0.2) is 4.99 Å². The lowest BCUT2D eigenvalue weighted by Crippen LogP contribution is -2.47. The van der Waals surface area contributed by atoms with Crippen molar-refractivity contribution in [3.8, 4) is 0 Å². The van der Waals surface area contributed by atoms with Crippen LogP contribution in [-0.2, 0) is 15.5 Å². The van der Waals surface area contributed by atoms with Gasteiger partial charge in [0.05, 0.1) is 6.61 Å². The summed E-state index contributed by atoms with van der Waals surface area (Å²) in [7, 11) is 1.14. The number of guanidine groups is 1. The normalized spacial score (nSPS) is 30.5. The van der Waals surface area contributed by atoms with Crippen LogP contribution in [0.3, 0.4) is 0 Å². The van der Waals surface area contributed by atoms with Crippen LogP contribution in [-0.4, -0.2) is 54.0 Å². The first-order valence-electron chi connectivity index (χ1n) is 8.15. The van der Waals surface area contributed by atoms with Crippen molar-refractivity contribution in [1.82, 2.24) is 10.6 Å². The molecule has 2 N–H and O–H groups in total. The quantitative estimate of drug-likeness (QED) is 0.387. The Morgan fingerprint density at radius 3 is 2.82 bits per heavy atom. The van der Waals surface area contributed by atoms with Gasteiger partial charge in [-0.15, -0.1) is 24.0 Å². The van der Waals surface area contributed by atoms with Gasteiger partial charge in [0.2, 0.25) is 0 Å². The molecule has 4 atom stereocenters. The third-order valence-electron chi connectivity index (χ3n) is 4.43. The van der Waals surface area contributed by atoms with Crippen molar-refractivity contribution in [3.05, 3.63) is 0 Å². The summed E-state index contributed by atoms with van der Waals surface area (Å²) < 4.78 is 17.4. The summed E-state index contributed by atoms with van der Waals surface area (Å²) in [4.78, 5) is 4.31. The Morgan fingerprint density at radius 1 is 1.36 bits per heavy atom. The SMILES string of the molecule is CCS(=O)C1CCCC(NC(=NC)NCC2CCOC2)C1.I. The predicted molar refractivity (Wildman–Crippen MR) is 104 cm³/mol. The molecule has 0 spiro atoms. The van der Waals surface area contributed by atoms with Gasteiger partial charge in [-0.3, -0.25) is 9.20 Å². The van der Waals surface area contributed by atoms with Crippen molar-refractivity contribution in [1.29, 1.82) is 0 Å². The summed E-state index contributed by atoms with van der Waals surface area (Å²) in [6.07, 6.45) is 5.52. The summed E-state index contributed by atoms with van der Waals surface area (Å²) in [6.45, 7) is 4.66. The molecule has 2 fully saturated rings. The molecule has 1 saturated heterocycles. The summed E-state index contributed by atoms with van der Waals surface area (Å²) in [6, 6.07) is 0.394. The topological polar surface area (TPSA) is 62.7 Å². The van der Waals surface area contributed by atoms with Crippen molar-refractivity contribution in [3.63, 3.8) is 0 Å². The maximum Gasteiger partial charge on any atom is 0.191 e. The third kappa shape index (κ3) is 6.31. The van der Waals surface area contributed by atoms with E-state index >= 15 is 0 Å². The number of hydrogen-bond donors (Lipinski definition) is 2.